The highest BCUT2D eigenvalue weighted by atomic mass is 32.2. The predicted molar refractivity (Wildman–Crippen MR) is 105 cm³/mol. The van der Waals surface area contributed by atoms with E-state index in [4.69, 9.17) is 0 Å². The average Bonchev–Trinajstić information content (AvgIpc) is 2.63. The van der Waals surface area contributed by atoms with E-state index in [1.54, 1.807) is 18.2 Å². The number of hydrogen-bond donors (Lipinski definition) is 1. The monoisotopic (exact) mass is 402 g/mol. The van der Waals surface area contributed by atoms with Gasteiger partial charge in [-0.2, -0.15) is 0 Å². The first-order chi connectivity index (χ1) is 13.1. The van der Waals surface area contributed by atoms with Crippen molar-refractivity contribution >= 4 is 32.5 Å². The Labute approximate surface area is 160 Å². The minimum absolute atomic E-state index is 0.171. The van der Waals surface area contributed by atoms with E-state index >= 15 is 0 Å². The molecule has 0 unspecified atom stereocenters. The summed E-state index contributed by atoms with van der Waals surface area (Å²) in [5.74, 6) is -0.645. The minimum Gasteiger partial charge on any atom is -0.321 e. The van der Waals surface area contributed by atoms with Crippen LogP contribution >= 0.6 is 0 Å². The van der Waals surface area contributed by atoms with Gasteiger partial charge < -0.3 is 5.32 Å². The van der Waals surface area contributed by atoms with Crippen LogP contribution in [0.25, 0.3) is 11.0 Å². The van der Waals surface area contributed by atoms with E-state index in [2.05, 4.69) is 10.3 Å². The number of amides is 1. The summed E-state index contributed by atoms with van der Waals surface area (Å²) in [6, 6.07) is 7.72. The summed E-state index contributed by atoms with van der Waals surface area (Å²) in [7, 11) is -0.360. The Bertz CT molecular complexity index is 1320. The Morgan fingerprint density at radius 2 is 1.86 bits per heavy atom. The van der Waals surface area contributed by atoms with Crippen molar-refractivity contribution in [1.82, 2.24) is 14.1 Å². The number of carbonyl (C=O) groups excluding carboxylic acids is 1. The van der Waals surface area contributed by atoms with Crippen LogP contribution < -0.4 is 16.6 Å². The smallest absolute Gasteiger partial charge is 0.321 e. The van der Waals surface area contributed by atoms with Crippen LogP contribution in [0.15, 0.2) is 46.1 Å². The number of hydrogen-bond acceptors (Lipinski definition) is 6. The number of nitrogens with one attached hydrogen (secondary N) is 1. The molecule has 0 fully saturated rings. The third-order valence-electron chi connectivity index (χ3n) is 4.17. The van der Waals surface area contributed by atoms with E-state index in [1.165, 1.54) is 37.0 Å². The molecule has 0 radical (unpaired) electrons. The fraction of sp³-hybridized carbons (Fsp3) is 0.222. The maximum absolute atomic E-state index is 12.5. The number of sulfone groups is 1. The van der Waals surface area contributed by atoms with Gasteiger partial charge in [0.05, 0.1) is 23.0 Å². The van der Waals surface area contributed by atoms with Crippen molar-refractivity contribution < 1.29 is 13.2 Å². The molecular formula is C18H18N4O5S. The van der Waals surface area contributed by atoms with Crippen LogP contribution in [0.2, 0.25) is 0 Å². The second kappa shape index (κ2) is 7.04. The summed E-state index contributed by atoms with van der Waals surface area (Å²) in [6.07, 6.45) is 2.47. The van der Waals surface area contributed by atoms with Gasteiger partial charge in [-0.1, -0.05) is 12.1 Å². The first kappa shape index (κ1) is 19.5. The quantitative estimate of drug-likeness (QED) is 0.676. The Kier molecular flexibility index (Phi) is 4.90. The summed E-state index contributed by atoms with van der Waals surface area (Å²) < 4.78 is 25.1. The first-order valence-electron chi connectivity index (χ1n) is 8.20. The molecule has 10 heteroatoms. The molecule has 1 aromatic carbocycles. The highest BCUT2D eigenvalue weighted by molar-refractivity contribution is 7.89. The molecular weight excluding hydrogens is 384 g/mol. The van der Waals surface area contributed by atoms with Gasteiger partial charge in [0.25, 0.3) is 11.5 Å². The summed E-state index contributed by atoms with van der Waals surface area (Å²) >= 11 is 0. The number of rotatable bonds is 4. The SMILES string of the molecule is Cn1c(=O)c2cc(NC(=O)c3cccc(CS(C)(=O)=O)c3)cnc2n(C)c1=O. The zero-order chi connectivity index (χ0) is 20.6. The van der Waals surface area contributed by atoms with Crippen LogP contribution in [-0.4, -0.2) is 34.7 Å². The molecule has 1 amide bonds. The van der Waals surface area contributed by atoms with Gasteiger partial charge in [0.15, 0.2) is 9.84 Å². The zero-order valence-corrected chi connectivity index (χ0v) is 16.3. The van der Waals surface area contributed by atoms with E-state index in [1.807, 2.05) is 0 Å². The van der Waals surface area contributed by atoms with Crippen LogP contribution in [0, 0.1) is 0 Å². The van der Waals surface area contributed by atoms with Crippen LogP contribution in [0.4, 0.5) is 5.69 Å². The van der Waals surface area contributed by atoms with Gasteiger partial charge in [0, 0.05) is 25.9 Å². The predicted octanol–water partition coefficient (Wildman–Crippen LogP) is 0.429. The standard InChI is InChI=1S/C18H18N4O5S/c1-21-15-14(17(24)22(2)18(21)25)8-13(9-19-15)20-16(23)12-6-4-5-11(7-12)10-28(3,26)27/h4-9H,10H2,1-3H3,(H,20,23). The van der Waals surface area contributed by atoms with Gasteiger partial charge in [-0.3, -0.25) is 18.7 Å². The normalized spacial score (nSPS) is 11.5. The molecule has 0 aliphatic rings. The van der Waals surface area contributed by atoms with Gasteiger partial charge in [-0.15, -0.1) is 0 Å². The molecule has 9 nitrogen and oxygen atoms in total. The summed E-state index contributed by atoms with van der Waals surface area (Å²) in [5.41, 5.74) is 0.245. The zero-order valence-electron chi connectivity index (χ0n) is 15.5. The maximum atomic E-state index is 12.5. The molecule has 0 aliphatic carbocycles. The van der Waals surface area contributed by atoms with Crippen LogP contribution in [0.3, 0.4) is 0 Å². The molecule has 0 saturated carbocycles. The Hall–Kier alpha value is -3.27. The fourth-order valence-corrected chi connectivity index (χ4v) is 3.63. The van der Waals surface area contributed by atoms with Crippen molar-refractivity contribution in [2.24, 2.45) is 14.1 Å². The van der Waals surface area contributed by atoms with Crippen molar-refractivity contribution in [2.75, 3.05) is 11.6 Å². The number of pyridine rings is 1. The number of anilines is 1. The highest BCUT2D eigenvalue weighted by Gasteiger charge is 2.13. The van der Waals surface area contributed by atoms with Gasteiger partial charge in [-0.05, 0) is 23.8 Å². The molecule has 146 valence electrons. The molecule has 0 saturated heterocycles. The van der Waals surface area contributed by atoms with Crippen LogP contribution in [-0.2, 0) is 29.7 Å². The van der Waals surface area contributed by atoms with Crippen LogP contribution in [0.5, 0.6) is 0 Å². The number of fused-ring (bicyclic) bond motifs is 1. The Morgan fingerprint density at radius 1 is 1.14 bits per heavy atom. The number of aromatic nitrogens is 3. The average molecular weight is 402 g/mol. The van der Waals surface area contributed by atoms with Crippen molar-refractivity contribution in [1.29, 1.82) is 0 Å². The van der Waals surface area contributed by atoms with Crippen molar-refractivity contribution in [3.05, 3.63) is 68.5 Å². The molecule has 3 rings (SSSR count). The lowest BCUT2D eigenvalue weighted by Gasteiger charge is -2.10. The van der Waals surface area contributed by atoms with Crippen molar-refractivity contribution in [2.45, 2.75) is 5.75 Å². The second-order valence-electron chi connectivity index (χ2n) is 6.53. The molecule has 1 N–H and O–H groups in total. The number of aryl methyl sites for hydroxylation is 1. The lowest BCUT2D eigenvalue weighted by molar-refractivity contribution is 0.102. The molecule has 0 bridgehead atoms. The maximum Gasteiger partial charge on any atom is 0.332 e. The van der Waals surface area contributed by atoms with Crippen molar-refractivity contribution in [3.8, 4) is 0 Å². The molecule has 0 atom stereocenters. The molecule has 0 spiro atoms. The van der Waals surface area contributed by atoms with E-state index in [9.17, 15) is 22.8 Å². The third-order valence-corrected chi connectivity index (χ3v) is 5.03. The van der Waals surface area contributed by atoms with Gasteiger partial charge in [0.1, 0.15) is 5.65 Å². The topological polar surface area (TPSA) is 120 Å². The highest BCUT2D eigenvalue weighted by Crippen LogP contribution is 2.15. The van der Waals surface area contributed by atoms with E-state index < -0.39 is 27.0 Å². The lowest BCUT2D eigenvalue weighted by Crippen LogP contribution is -2.37. The van der Waals surface area contributed by atoms with E-state index in [0.717, 1.165) is 10.8 Å². The number of nitrogens with zero attached hydrogens (tertiary/aromatic N) is 3. The van der Waals surface area contributed by atoms with Crippen LogP contribution in [0.1, 0.15) is 15.9 Å². The van der Waals surface area contributed by atoms with Gasteiger partial charge >= 0.3 is 5.69 Å². The largest absolute Gasteiger partial charge is 0.332 e. The summed E-state index contributed by atoms with van der Waals surface area (Å²) in [4.78, 5) is 40.9. The minimum atomic E-state index is -3.23. The third kappa shape index (κ3) is 3.86. The summed E-state index contributed by atoms with van der Waals surface area (Å²) in [5, 5.41) is 2.82. The number of carbonyl (C=O) groups is 1. The molecule has 3 aromatic rings. The second-order valence-corrected chi connectivity index (χ2v) is 8.67. The molecule has 2 aromatic heterocycles. The lowest BCUT2D eigenvalue weighted by atomic mass is 10.1. The fourth-order valence-electron chi connectivity index (χ4n) is 2.84. The Balaban J connectivity index is 1.95. The molecule has 2 heterocycles. The molecule has 0 aliphatic heterocycles. The Morgan fingerprint density at radius 3 is 2.54 bits per heavy atom. The van der Waals surface area contributed by atoms with Gasteiger partial charge in [-0.25, -0.2) is 18.2 Å². The molecule has 28 heavy (non-hydrogen) atoms. The van der Waals surface area contributed by atoms with E-state index in [0.29, 0.717) is 5.56 Å². The number of benzene rings is 1. The van der Waals surface area contributed by atoms with Gasteiger partial charge in [0.2, 0.25) is 0 Å². The first-order valence-corrected chi connectivity index (χ1v) is 10.3. The summed E-state index contributed by atoms with van der Waals surface area (Å²) in [6.45, 7) is 0. The van der Waals surface area contributed by atoms with Crippen molar-refractivity contribution in [3.63, 3.8) is 0 Å². The van der Waals surface area contributed by atoms with E-state index in [-0.39, 0.29) is 28.0 Å².